The van der Waals surface area contributed by atoms with Crippen LogP contribution < -0.4 is 5.32 Å². The van der Waals surface area contributed by atoms with Crippen LogP contribution in [-0.2, 0) is 11.2 Å². The maximum atomic E-state index is 5.61. The van der Waals surface area contributed by atoms with Gasteiger partial charge in [-0.25, -0.2) is 0 Å². The Bertz CT molecular complexity index is 429. The molecule has 1 fully saturated rings. The SMILES string of the molecule is CCOC1CC(NC2CCc3cc(Br)ccc32)C1. The van der Waals surface area contributed by atoms with Gasteiger partial charge in [0, 0.05) is 23.2 Å². The third-order valence-corrected chi connectivity index (χ3v) is 4.61. The van der Waals surface area contributed by atoms with Crippen molar-refractivity contribution in [3.8, 4) is 0 Å². The van der Waals surface area contributed by atoms with Crippen LogP contribution in [0.5, 0.6) is 0 Å². The van der Waals surface area contributed by atoms with Crippen molar-refractivity contribution in [1.29, 1.82) is 0 Å². The molecule has 3 rings (SSSR count). The van der Waals surface area contributed by atoms with E-state index < -0.39 is 0 Å². The molecular weight excluding hydrogens is 290 g/mol. The number of halogens is 1. The third kappa shape index (κ3) is 2.49. The summed E-state index contributed by atoms with van der Waals surface area (Å²) in [5, 5.41) is 3.78. The van der Waals surface area contributed by atoms with Gasteiger partial charge in [0.25, 0.3) is 0 Å². The smallest absolute Gasteiger partial charge is 0.0604 e. The predicted molar refractivity (Wildman–Crippen MR) is 76.8 cm³/mol. The molecular formula is C15H20BrNO. The summed E-state index contributed by atoms with van der Waals surface area (Å²) in [6, 6.07) is 7.90. The number of aryl methyl sites for hydroxylation is 1. The summed E-state index contributed by atoms with van der Waals surface area (Å²) in [5.74, 6) is 0. The van der Waals surface area contributed by atoms with E-state index in [0.717, 1.165) is 6.61 Å². The Balaban J connectivity index is 1.57. The summed E-state index contributed by atoms with van der Waals surface area (Å²) in [6.45, 7) is 2.92. The average molecular weight is 310 g/mol. The molecule has 98 valence electrons. The van der Waals surface area contributed by atoms with E-state index in [2.05, 4.69) is 46.4 Å². The molecule has 1 N–H and O–H groups in total. The molecule has 1 saturated carbocycles. The molecule has 3 heteroatoms. The highest BCUT2D eigenvalue weighted by molar-refractivity contribution is 9.10. The van der Waals surface area contributed by atoms with E-state index in [1.54, 1.807) is 0 Å². The van der Waals surface area contributed by atoms with E-state index in [-0.39, 0.29) is 0 Å². The van der Waals surface area contributed by atoms with Crippen LogP contribution in [0.1, 0.15) is 43.4 Å². The lowest BCUT2D eigenvalue weighted by Crippen LogP contribution is -2.46. The first-order valence-corrected chi connectivity index (χ1v) is 7.71. The molecule has 0 saturated heterocycles. The van der Waals surface area contributed by atoms with Crippen LogP contribution in [-0.4, -0.2) is 18.8 Å². The van der Waals surface area contributed by atoms with Gasteiger partial charge in [-0.15, -0.1) is 0 Å². The van der Waals surface area contributed by atoms with E-state index in [1.165, 1.54) is 41.3 Å². The molecule has 1 atom stereocenters. The van der Waals surface area contributed by atoms with E-state index in [1.807, 2.05) is 0 Å². The lowest BCUT2D eigenvalue weighted by molar-refractivity contribution is -0.0124. The lowest BCUT2D eigenvalue weighted by atomic mass is 9.88. The molecule has 0 bridgehead atoms. The third-order valence-electron chi connectivity index (χ3n) is 4.12. The van der Waals surface area contributed by atoms with Gasteiger partial charge in [-0.05, 0) is 55.9 Å². The number of fused-ring (bicyclic) bond motifs is 1. The molecule has 18 heavy (non-hydrogen) atoms. The first-order chi connectivity index (χ1) is 8.76. The van der Waals surface area contributed by atoms with Crippen LogP contribution in [0.25, 0.3) is 0 Å². The predicted octanol–water partition coefficient (Wildman–Crippen LogP) is 3.59. The second-order valence-corrected chi connectivity index (χ2v) is 6.26. The number of rotatable bonds is 4. The van der Waals surface area contributed by atoms with Gasteiger partial charge in [0.1, 0.15) is 0 Å². The molecule has 0 radical (unpaired) electrons. The molecule has 0 aliphatic heterocycles. The first-order valence-electron chi connectivity index (χ1n) is 6.92. The second-order valence-electron chi connectivity index (χ2n) is 5.35. The van der Waals surface area contributed by atoms with Gasteiger partial charge in [0.05, 0.1) is 6.10 Å². The number of benzene rings is 1. The largest absolute Gasteiger partial charge is 0.378 e. The fraction of sp³-hybridized carbons (Fsp3) is 0.600. The van der Waals surface area contributed by atoms with Crippen LogP contribution in [0.4, 0.5) is 0 Å². The molecule has 1 unspecified atom stereocenters. The van der Waals surface area contributed by atoms with Crippen LogP contribution in [0.2, 0.25) is 0 Å². The standard InChI is InChI=1S/C15H20BrNO/c1-2-18-13-8-12(9-13)17-15-6-3-10-7-11(16)4-5-14(10)15/h4-5,7,12-13,15,17H,2-3,6,8-9H2,1H3. The molecule has 2 aliphatic carbocycles. The average Bonchev–Trinajstić information content (AvgIpc) is 2.69. The fourth-order valence-electron chi connectivity index (χ4n) is 3.12. The van der Waals surface area contributed by atoms with E-state index >= 15 is 0 Å². The summed E-state index contributed by atoms with van der Waals surface area (Å²) in [6.07, 6.45) is 5.29. The molecule has 0 heterocycles. The quantitative estimate of drug-likeness (QED) is 0.917. The van der Waals surface area contributed by atoms with Crippen molar-refractivity contribution in [1.82, 2.24) is 5.32 Å². The van der Waals surface area contributed by atoms with Gasteiger partial charge < -0.3 is 10.1 Å². The topological polar surface area (TPSA) is 21.3 Å². The number of ether oxygens (including phenoxy) is 1. The normalized spacial score (nSPS) is 30.0. The molecule has 2 nitrogen and oxygen atoms in total. The summed E-state index contributed by atoms with van der Waals surface area (Å²) < 4.78 is 6.81. The molecule has 2 aliphatic rings. The Labute approximate surface area is 117 Å². The minimum absolute atomic E-state index is 0.498. The van der Waals surface area contributed by atoms with Gasteiger partial charge >= 0.3 is 0 Å². The minimum atomic E-state index is 0.498. The second kappa shape index (κ2) is 5.32. The summed E-state index contributed by atoms with van der Waals surface area (Å²) >= 11 is 3.55. The lowest BCUT2D eigenvalue weighted by Gasteiger charge is -2.37. The van der Waals surface area contributed by atoms with Crippen molar-refractivity contribution in [2.75, 3.05) is 6.61 Å². The number of hydrogen-bond acceptors (Lipinski definition) is 2. The van der Waals surface area contributed by atoms with Crippen LogP contribution >= 0.6 is 15.9 Å². The van der Waals surface area contributed by atoms with Crippen LogP contribution in [0.15, 0.2) is 22.7 Å². The van der Waals surface area contributed by atoms with E-state index in [9.17, 15) is 0 Å². The summed E-state index contributed by atoms with van der Waals surface area (Å²) in [5.41, 5.74) is 3.00. The van der Waals surface area contributed by atoms with Crippen molar-refractivity contribution in [2.24, 2.45) is 0 Å². The zero-order valence-electron chi connectivity index (χ0n) is 10.8. The minimum Gasteiger partial charge on any atom is -0.378 e. The van der Waals surface area contributed by atoms with Crippen molar-refractivity contribution in [3.63, 3.8) is 0 Å². The first kappa shape index (κ1) is 12.6. The van der Waals surface area contributed by atoms with Gasteiger partial charge in [0.15, 0.2) is 0 Å². The Morgan fingerprint density at radius 1 is 1.39 bits per heavy atom. The maximum Gasteiger partial charge on any atom is 0.0604 e. The van der Waals surface area contributed by atoms with Gasteiger partial charge in [-0.3, -0.25) is 0 Å². The molecule has 1 aromatic rings. The summed E-state index contributed by atoms with van der Waals surface area (Å²) in [4.78, 5) is 0. The van der Waals surface area contributed by atoms with Gasteiger partial charge in [-0.1, -0.05) is 22.0 Å². The van der Waals surface area contributed by atoms with Crippen molar-refractivity contribution >= 4 is 15.9 Å². The molecule has 0 spiro atoms. The summed E-state index contributed by atoms with van der Waals surface area (Å²) in [7, 11) is 0. The Morgan fingerprint density at radius 3 is 3.00 bits per heavy atom. The zero-order chi connectivity index (χ0) is 12.5. The van der Waals surface area contributed by atoms with Crippen LogP contribution in [0.3, 0.4) is 0 Å². The molecule has 0 amide bonds. The monoisotopic (exact) mass is 309 g/mol. The van der Waals surface area contributed by atoms with Gasteiger partial charge in [0.2, 0.25) is 0 Å². The fourth-order valence-corrected chi connectivity index (χ4v) is 3.53. The molecule has 1 aromatic carbocycles. The Hall–Kier alpha value is -0.380. The Morgan fingerprint density at radius 2 is 2.22 bits per heavy atom. The van der Waals surface area contributed by atoms with Crippen molar-refractivity contribution in [3.05, 3.63) is 33.8 Å². The molecule has 0 aromatic heterocycles. The maximum absolute atomic E-state index is 5.61. The number of nitrogens with one attached hydrogen (secondary N) is 1. The highest BCUT2D eigenvalue weighted by atomic mass is 79.9. The van der Waals surface area contributed by atoms with Crippen molar-refractivity contribution < 1.29 is 4.74 Å². The number of hydrogen-bond donors (Lipinski definition) is 1. The highest BCUT2D eigenvalue weighted by Gasteiger charge is 2.33. The van der Waals surface area contributed by atoms with Crippen LogP contribution in [0, 0.1) is 0 Å². The Kier molecular flexibility index (Phi) is 3.73. The van der Waals surface area contributed by atoms with E-state index in [4.69, 9.17) is 4.74 Å². The highest BCUT2D eigenvalue weighted by Crippen LogP contribution is 2.35. The van der Waals surface area contributed by atoms with Crippen molar-refractivity contribution in [2.45, 2.75) is 50.8 Å². The zero-order valence-corrected chi connectivity index (χ0v) is 12.4. The van der Waals surface area contributed by atoms with Gasteiger partial charge in [-0.2, -0.15) is 0 Å². The van der Waals surface area contributed by atoms with E-state index in [0.29, 0.717) is 18.2 Å².